The number of pyridine rings is 1. The van der Waals surface area contributed by atoms with E-state index in [1.54, 1.807) is 19.2 Å². The Kier molecular flexibility index (Phi) is 6.09. The van der Waals surface area contributed by atoms with Gasteiger partial charge in [-0.3, -0.25) is 9.36 Å². The van der Waals surface area contributed by atoms with E-state index in [1.807, 2.05) is 29.0 Å². The Labute approximate surface area is 169 Å². The van der Waals surface area contributed by atoms with Crippen LogP contribution in [-0.4, -0.2) is 26.2 Å². The summed E-state index contributed by atoms with van der Waals surface area (Å²) in [6.07, 6.45) is 4.94. The Bertz CT molecular complexity index is 961. The SMILES string of the molecule is Cc1c(Cl)cnc(NC(=O)CSc2nccn2-c2cccc(Cl)c2)c1Cl. The quantitative estimate of drug-likeness (QED) is 0.564. The number of carbonyl (C=O) groups excluding carboxylic acids is 1. The fraction of sp³-hybridized carbons (Fsp3) is 0.118. The van der Waals surface area contributed by atoms with E-state index in [9.17, 15) is 4.79 Å². The fourth-order valence-corrected chi connectivity index (χ4v) is 3.51. The standard InChI is InChI=1S/C17H13Cl3N4OS/c1-10-13(19)8-22-16(15(10)20)23-14(25)9-26-17-21-5-6-24(17)12-4-2-3-11(18)7-12/h2-8H,9H2,1H3,(H,22,23,25). The van der Waals surface area contributed by atoms with Gasteiger partial charge in [-0.1, -0.05) is 52.6 Å². The first-order valence-electron chi connectivity index (χ1n) is 7.48. The van der Waals surface area contributed by atoms with Crippen LogP contribution in [-0.2, 0) is 4.79 Å². The molecule has 3 aromatic rings. The van der Waals surface area contributed by atoms with Crippen LogP contribution in [0.4, 0.5) is 5.82 Å². The number of anilines is 1. The van der Waals surface area contributed by atoms with Crippen molar-refractivity contribution in [2.75, 3.05) is 11.1 Å². The molecule has 3 rings (SSSR count). The minimum Gasteiger partial charge on any atom is -0.309 e. The molecule has 0 atom stereocenters. The highest BCUT2D eigenvalue weighted by Crippen LogP contribution is 2.29. The van der Waals surface area contributed by atoms with E-state index in [4.69, 9.17) is 34.8 Å². The molecule has 26 heavy (non-hydrogen) atoms. The van der Waals surface area contributed by atoms with Gasteiger partial charge in [0.1, 0.15) is 0 Å². The second-order valence-electron chi connectivity index (χ2n) is 5.29. The molecule has 0 spiro atoms. The number of hydrogen-bond acceptors (Lipinski definition) is 4. The third-order valence-electron chi connectivity index (χ3n) is 3.49. The molecule has 5 nitrogen and oxygen atoms in total. The average molecular weight is 428 g/mol. The summed E-state index contributed by atoms with van der Waals surface area (Å²) < 4.78 is 1.86. The highest BCUT2D eigenvalue weighted by atomic mass is 35.5. The number of nitrogens with one attached hydrogen (secondary N) is 1. The molecular weight excluding hydrogens is 415 g/mol. The van der Waals surface area contributed by atoms with Crippen LogP contribution in [0.15, 0.2) is 48.0 Å². The van der Waals surface area contributed by atoms with E-state index in [2.05, 4.69) is 15.3 Å². The Balaban J connectivity index is 1.68. The molecule has 0 aliphatic rings. The Morgan fingerprint density at radius 1 is 1.27 bits per heavy atom. The molecule has 0 fully saturated rings. The van der Waals surface area contributed by atoms with Crippen LogP contribution in [0, 0.1) is 6.92 Å². The van der Waals surface area contributed by atoms with Crippen molar-refractivity contribution in [3.05, 3.63) is 63.5 Å². The Morgan fingerprint density at radius 2 is 2.08 bits per heavy atom. The maximum atomic E-state index is 12.2. The van der Waals surface area contributed by atoms with Gasteiger partial charge in [-0.2, -0.15) is 0 Å². The van der Waals surface area contributed by atoms with Gasteiger partial charge in [0, 0.05) is 29.3 Å². The molecule has 0 saturated carbocycles. The number of carbonyl (C=O) groups is 1. The zero-order valence-corrected chi connectivity index (χ0v) is 16.6. The van der Waals surface area contributed by atoms with Crippen molar-refractivity contribution in [1.29, 1.82) is 0 Å². The topological polar surface area (TPSA) is 59.8 Å². The molecular formula is C17H13Cl3N4OS. The highest BCUT2D eigenvalue weighted by molar-refractivity contribution is 7.99. The number of nitrogens with zero attached hydrogens (tertiary/aromatic N) is 3. The first-order chi connectivity index (χ1) is 12.5. The summed E-state index contributed by atoms with van der Waals surface area (Å²) in [5, 5.41) is 4.77. The minimum atomic E-state index is -0.244. The monoisotopic (exact) mass is 426 g/mol. The van der Waals surface area contributed by atoms with Gasteiger partial charge in [-0.25, -0.2) is 9.97 Å². The zero-order valence-electron chi connectivity index (χ0n) is 13.5. The number of imidazole rings is 1. The maximum Gasteiger partial charge on any atom is 0.236 e. The summed E-state index contributed by atoms with van der Waals surface area (Å²) in [6.45, 7) is 1.76. The van der Waals surface area contributed by atoms with Crippen molar-refractivity contribution in [2.45, 2.75) is 12.1 Å². The molecule has 1 N–H and O–H groups in total. The number of hydrogen-bond donors (Lipinski definition) is 1. The predicted molar refractivity (Wildman–Crippen MR) is 107 cm³/mol. The maximum absolute atomic E-state index is 12.2. The molecule has 0 radical (unpaired) electrons. The summed E-state index contributed by atoms with van der Waals surface area (Å²) in [6, 6.07) is 7.40. The first-order valence-corrected chi connectivity index (χ1v) is 9.60. The lowest BCUT2D eigenvalue weighted by molar-refractivity contribution is -0.113. The number of amides is 1. The van der Waals surface area contributed by atoms with Gasteiger partial charge in [0.05, 0.1) is 15.8 Å². The van der Waals surface area contributed by atoms with Crippen LogP contribution in [0.2, 0.25) is 15.1 Å². The van der Waals surface area contributed by atoms with Gasteiger partial charge in [0.25, 0.3) is 0 Å². The molecule has 1 amide bonds. The van der Waals surface area contributed by atoms with Gasteiger partial charge in [-0.05, 0) is 30.7 Å². The lowest BCUT2D eigenvalue weighted by Gasteiger charge is -2.10. The minimum absolute atomic E-state index is 0.150. The molecule has 1 aromatic carbocycles. The van der Waals surface area contributed by atoms with E-state index < -0.39 is 0 Å². The smallest absolute Gasteiger partial charge is 0.236 e. The van der Waals surface area contributed by atoms with Crippen LogP contribution >= 0.6 is 46.6 Å². The lowest BCUT2D eigenvalue weighted by Crippen LogP contribution is -2.16. The van der Waals surface area contributed by atoms with Crippen molar-refractivity contribution in [3.63, 3.8) is 0 Å². The largest absolute Gasteiger partial charge is 0.309 e. The summed E-state index contributed by atoms with van der Waals surface area (Å²) >= 11 is 19.5. The number of halogens is 3. The second-order valence-corrected chi connectivity index (χ2v) is 7.45. The van der Waals surface area contributed by atoms with Crippen molar-refractivity contribution in [3.8, 4) is 5.69 Å². The molecule has 0 saturated heterocycles. The van der Waals surface area contributed by atoms with E-state index in [0.717, 1.165) is 5.69 Å². The molecule has 2 heterocycles. The molecule has 0 unspecified atom stereocenters. The van der Waals surface area contributed by atoms with E-state index in [1.165, 1.54) is 18.0 Å². The second kappa shape index (κ2) is 8.31. The first kappa shape index (κ1) is 19.0. The number of rotatable bonds is 5. The number of thioether (sulfide) groups is 1. The molecule has 134 valence electrons. The summed E-state index contributed by atoms with van der Waals surface area (Å²) in [7, 11) is 0. The molecule has 0 aliphatic carbocycles. The van der Waals surface area contributed by atoms with Crippen LogP contribution in [0.5, 0.6) is 0 Å². The molecule has 0 bridgehead atoms. The van der Waals surface area contributed by atoms with Crippen LogP contribution in [0.1, 0.15) is 5.56 Å². The third-order valence-corrected chi connectivity index (χ3v) is 5.53. The normalized spacial score (nSPS) is 10.8. The molecule has 2 aromatic heterocycles. The van der Waals surface area contributed by atoms with Crippen molar-refractivity contribution in [1.82, 2.24) is 14.5 Å². The van der Waals surface area contributed by atoms with Gasteiger partial charge in [0.2, 0.25) is 5.91 Å². The lowest BCUT2D eigenvalue weighted by atomic mass is 10.3. The fourth-order valence-electron chi connectivity index (χ4n) is 2.16. The van der Waals surface area contributed by atoms with Crippen molar-refractivity contribution >= 4 is 58.3 Å². The Hall–Kier alpha value is -1.73. The van der Waals surface area contributed by atoms with Gasteiger partial charge in [0.15, 0.2) is 11.0 Å². The van der Waals surface area contributed by atoms with Gasteiger partial charge >= 0.3 is 0 Å². The van der Waals surface area contributed by atoms with Gasteiger partial charge in [-0.15, -0.1) is 0 Å². The third kappa shape index (κ3) is 4.32. The molecule has 9 heteroatoms. The number of benzene rings is 1. The van der Waals surface area contributed by atoms with E-state index in [-0.39, 0.29) is 17.5 Å². The predicted octanol–water partition coefficient (Wildman–Crippen LogP) is 5.27. The van der Waals surface area contributed by atoms with Crippen LogP contribution in [0.3, 0.4) is 0 Å². The van der Waals surface area contributed by atoms with Crippen LogP contribution < -0.4 is 5.32 Å². The average Bonchev–Trinajstić information content (AvgIpc) is 3.09. The summed E-state index contributed by atoms with van der Waals surface area (Å²) in [4.78, 5) is 20.6. The van der Waals surface area contributed by atoms with Crippen molar-refractivity contribution in [2.24, 2.45) is 0 Å². The van der Waals surface area contributed by atoms with Gasteiger partial charge < -0.3 is 5.32 Å². The summed E-state index contributed by atoms with van der Waals surface area (Å²) in [5.41, 5.74) is 1.54. The summed E-state index contributed by atoms with van der Waals surface area (Å²) in [5.74, 6) is 0.196. The Morgan fingerprint density at radius 3 is 2.85 bits per heavy atom. The van der Waals surface area contributed by atoms with E-state index >= 15 is 0 Å². The van der Waals surface area contributed by atoms with Crippen LogP contribution in [0.25, 0.3) is 5.69 Å². The van der Waals surface area contributed by atoms with E-state index in [0.29, 0.717) is 25.8 Å². The number of aromatic nitrogens is 3. The van der Waals surface area contributed by atoms with Crippen molar-refractivity contribution < 1.29 is 4.79 Å². The molecule has 0 aliphatic heterocycles. The zero-order chi connectivity index (χ0) is 18.7. The highest BCUT2D eigenvalue weighted by Gasteiger charge is 2.13.